The van der Waals surface area contributed by atoms with Gasteiger partial charge in [0, 0.05) is 16.4 Å². The molecule has 2 nitrogen and oxygen atoms in total. The summed E-state index contributed by atoms with van der Waals surface area (Å²) in [5, 5.41) is 5.39. The molecule has 1 atom stereocenters. The largest absolute Gasteiger partial charge is 0.496 e. The van der Waals surface area contributed by atoms with E-state index >= 15 is 0 Å². The van der Waals surface area contributed by atoms with Crippen molar-refractivity contribution >= 4 is 11.3 Å². The molecule has 0 bridgehead atoms. The predicted molar refractivity (Wildman–Crippen MR) is 82.4 cm³/mol. The molecular weight excluding hydrogens is 254 g/mol. The predicted octanol–water partition coefficient (Wildman–Crippen LogP) is 3.81. The molecular formula is C16H21NOS. The summed E-state index contributed by atoms with van der Waals surface area (Å²) < 4.78 is 5.54. The first-order chi connectivity index (χ1) is 9.26. The first-order valence-electron chi connectivity index (χ1n) is 6.58. The van der Waals surface area contributed by atoms with Crippen molar-refractivity contribution in [2.24, 2.45) is 0 Å². The second-order valence-electron chi connectivity index (χ2n) is 4.71. The fourth-order valence-corrected chi connectivity index (χ4v) is 3.24. The number of benzene rings is 1. The van der Waals surface area contributed by atoms with Crippen molar-refractivity contribution in [3.05, 3.63) is 51.7 Å². The molecule has 0 radical (unpaired) electrons. The van der Waals surface area contributed by atoms with Crippen molar-refractivity contribution in [1.82, 2.24) is 5.32 Å². The highest BCUT2D eigenvalue weighted by Crippen LogP contribution is 2.36. The number of ether oxygens (including phenoxy) is 1. The van der Waals surface area contributed by atoms with Crippen LogP contribution >= 0.6 is 11.3 Å². The lowest BCUT2D eigenvalue weighted by atomic mass is 9.92. The first-order valence-corrected chi connectivity index (χ1v) is 7.46. The number of methoxy groups -OCH3 is 1. The van der Waals surface area contributed by atoms with E-state index in [1.807, 2.05) is 18.4 Å². The molecule has 3 heteroatoms. The number of hydrogen-bond donors (Lipinski definition) is 1. The molecule has 1 N–H and O–H groups in total. The number of nitrogens with one attached hydrogen (secondary N) is 1. The maximum absolute atomic E-state index is 5.54. The van der Waals surface area contributed by atoms with Crippen LogP contribution < -0.4 is 10.1 Å². The van der Waals surface area contributed by atoms with Gasteiger partial charge in [-0.3, -0.25) is 0 Å². The summed E-state index contributed by atoms with van der Waals surface area (Å²) >= 11 is 1.82. The van der Waals surface area contributed by atoms with Gasteiger partial charge in [-0.25, -0.2) is 0 Å². The van der Waals surface area contributed by atoms with E-state index in [-0.39, 0.29) is 0 Å². The fourth-order valence-electron chi connectivity index (χ4n) is 2.36. The third-order valence-electron chi connectivity index (χ3n) is 3.33. The molecule has 1 unspecified atom stereocenters. The Bertz CT molecular complexity index is 507. The summed E-state index contributed by atoms with van der Waals surface area (Å²) in [4.78, 5) is 1.40. The molecule has 1 heterocycles. The molecule has 1 aromatic heterocycles. The molecule has 0 saturated heterocycles. The Balaban J connectivity index is 2.39. The normalized spacial score (nSPS) is 12.4. The van der Waals surface area contributed by atoms with Gasteiger partial charge in [0.2, 0.25) is 0 Å². The average molecular weight is 275 g/mol. The van der Waals surface area contributed by atoms with Crippen molar-refractivity contribution in [3.8, 4) is 5.75 Å². The molecule has 0 saturated carbocycles. The molecule has 2 aromatic rings. The van der Waals surface area contributed by atoms with E-state index in [9.17, 15) is 0 Å². The quantitative estimate of drug-likeness (QED) is 0.865. The van der Waals surface area contributed by atoms with E-state index in [0.29, 0.717) is 5.92 Å². The zero-order valence-corrected chi connectivity index (χ0v) is 12.6. The minimum Gasteiger partial charge on any atom is -0.496 e. The summed E-state index contributed by atoms with van der Waals surface area (Å²) in [6.07, 6.45) is 1.08. The molecule has 19 heavy (non-hydrogen) atoms. The van der Waals surface area contributed by atoms with Crippen LogP contribution in [0.3, 0.4) is 0 Å². The van der Waals surface area contributed by atoms with Gasteiger partial charge >= 0.3 is 0 Å². The maximum atomic E-state index is 5.54. The molecule has 0 aliphatic rings. The SMILES string of the molecule is CNCCC(c1cccs1)c1cc(C)ccc1OC. The summed E-state index contributed by atoms with van der Waals surface area (Å²) in [5.74, 6) is 1.39. The Morgan fingerprint density at radius 3 is 2.79 bits per heavy atom. The van der Waals surface area contributed by atoms with Crippen LogP contribution in [0.5, 0.6) is 5.75 Å². The summed E-state index contributed by atoms with van der Waals surface area (Å²) in [7, 11) is 3.75. The molecule has 102 valence electrons. The first kappa shape index (κ1) is 14.1. The standard InChI is InChI=1S/C16H21NOS/c1-12-6-7-15(18-3)14(11-12)13(8-9-17-2)16-5-4-10-19-16/h4-7,10-11,13,17H,8-9H2,1-3H3. The monoisotopic (exact) mass is 275 g/mol. The molecule has 0 fully saturated rings. The van der Waals surface area contributed by atoms with E-state index in [0.717, 1.165) is 18.7 Å². The zero-order valence-electron chi connectivity index (χ0n) is 11.8. The summed E-state index contributed by atoms with van der Waals surface area (Å²) in [6, 6.07) is 10.8. The lowest BCUT2D eigenvalue weighted by molar-refractivity contribution is 0.406. The third-order valence-corrected chi connectivity index (χ3v) is 4.32. The van der Waals surface area contributed by atoms with Crippen LogP contribution in [0.2, 0.25) is 0 Å². The lowest BCUT2D eigenvalue weighted by Gasteiger charge is -2.19. The van der Waals surface area contributed by atoms with Gasteiger partial charge < -0.3 is 10.1 Å². The van der Waals surface area contributed by atoms with Crippen molar-refractivity contribution in [2.45, 2.75) is 19.3 Å². The van der Waals surface area contributed by atoms with Gasteiger partial charge in [0.25, 0.3) is 0 Å². The Kier molecular flexibility index (Phi) is 5.00. The number of thiophene rings is 1. The van der Waals surface area contributed by atoms with E-state index in [1.165, 1.54) is 16.0 Å². The second-order valence-corrected chi connectivity index (χ2v) is 5.68. The minimum absolute atomic E-state index is 0.405. The van der Waals surface area contributed by atoms with Gasteiger partial charge in [0.05, 0.1) is 7.11 Å². The van der Waals surface area contributed by atoms with E-state index < -0.39 is 0 Å². The van der Waals surface area contributed by atoms with E-state index in [1.54, 1.807) is 7.11 Å². The molecule has 2 rings (SSSR count). The van der Waals surface area contributed by atoms with Crippen LogP contribution in [-0.2, 0) is 0 Å². The van der Waals surface area contributed by atoms with Crippen LogP contribution in [0.25, 0.3) is 0 Å². The van der Waals surface area contributed by atoms with Crippen molar-refractivity contribution in [3.63, 3.8) is 0 Å². The number of aryl methyl sites for hydroxylation is 1. The molecule has 0 spiro atoms. The third kappa shape index (κ3) is 3.37. The Morgan fingerprint density at radius 1 is 1.32 bits per heavy atom. The van der Waals surface area contributed by atoms with Gasteiger partial charge in [-0.2, -0.15) is 0 Å². The number of hydrogen-bond acceptors (Lipinski definition) is 3. The molecule has 0 aliphatic carbocycles. The molecule has 1 aromatic carbocycles. The molecule has 0 amide bonds. The van der Waals surface area contributed by atoms with Crippen LogP contribution in [0.4, 0.5) is 0 Å². The second kappa shape index (κ2) is 6.73. The lowest BCUT2D eigenvalue weighted by Crippen LogP contribution is -2.13. The Hall–Kier alpha value is -1.32. The highest BCUT2D eigenvalue weighted by Gasteiger charge is 2.19. The Labute approximate surface area is 119 Å². The zero-order chi connectivity index (χ0) is 13.7. The van der Waals surface area contributed by atoms with Crippen LogP contribution in [0.1, 0.15) is 28.3 Å². The van der Waals surface area contributed by atoms with Gasteiger partial charge in [-0.1, -0.05) is 23.8 Å². The fraction of sp³-hybridized carbons (Fsp3) is 0.375. The maximum Gasteiger partial charge on any atom is 0.122 e. The average Bonchev–Trinajstić information content (AvgIpc) is 2.93. The van der Waals surface area contributed by atoms with E-state index in [2.05, 4.69) is 48.0 Å². The summed E-state index contributed by atoms with van der Waals surface area (Å²) in [6.45, 7) is 3.13. The highest BCUT2D eigenvalue weighted by atomic mass is 32.1. The van der Waals surface area contributed by atoms with E-state index in [4.69, 9.17) is 4.74 Å². The molecule has 0 aliphatic heterocycles. The summed E-state index contributed by atoms with van der Waals surface area (Å²) in [5.41, 5.74) is 2.57. The van der Waals surface area contributed by atoms with Gasteiger partial charge in [0.1, 0.15) is 5.75 Å². The van der Waals surface area contributed by atoms with Gasteiger partial charge in [-0.15, -0.1) is 11.3 Å². The van der Waals surface area contributed by atoms with Crippen molar-refractivity contribution in [2.75, 3.05) is 20.7 Å². The van der Waals surface area contributed by atoms with Crippen LogP contribution in [-0.4, -0.2) is 20.7 Å². The Morgan fingerprint density at radius 2 is 2.16 bits per heavy atom. The van der Waals surface area contributed by atoms with Gasteiger partial charge in [-0.05, 0) is 44.4 Å². The van der Waals surface area contributed by atoms with Crippen LogP contribution in [0, 0.1) is 6.92 Å². The van der Waals surface area contributed by atoms with Crippen molar-refractivity contribution in [1.29, 1.82) is 0 Å². The van der Waals surface area contributed by atoms with Crippen molar-refractivity contribution < 1.29 is 4.74 Å². The smallest absolute Gasteiger partial charge is 0.122 e. The van der Waals surface area contributed by atoms with Gasteiger partial charge in [0.15, 0.2) is 0 Å². The highest BCUT2D eigenvalue weighted by molar-refractivity contribution is 7.10. The number of rotatable bonds is 6. The van der Waals surface area contributed by atoms with Crippen LogP contribution in [0.15, 0.2) is 35.7 Å². The minimum atomic E-state index is 0.405. The topological polar surface area (TPSA) is 21.3 Å².